The smallest absolute Gasteiger partial charge is 0.231 e. The predicted molar refractivity (Wildman–Crippen MR) is 119 cm³/mol. The number of likely N-dealkylation sites (tertiary alicyclic amines) is 1. The molecule has 31 heavy (non-hydrogen) atoms. The van der Waals surface area contributed by atoms with Crippen LogP contribution in [0.15, 0.2) is 36.1 Å². The Morgan fingerprint density at radius 1 is 1.13 bits per heavy atom. The third-order valence-corrected chi connectivity index (χ3v) is 5.97. The zero-order valence-corrected chi connectivity index (χ0v) is 18.5. The van der Waals surface area contributed by atoms with Crippen molar-refractivity contribution in [3.05, 3.63) is 52.8 Å². The van der Waals surface area contributed by atoms with Crippen LogP contribution >= 0.6 is 0 Å². The quantitative estimate of drug-likeness (QED) is 0.714. The normalized spacial score (nSPS) is 22.3. The number of rotatable bonds is 5. The number of phenolic OH excluding ortho intramolecular Hbond substituents is 1. The van der Waals surface area contributed by atoms with E-state index in [9.17, 15) is 9.90 Å². The highest BCUT2D eigenvalue weighted by Gasteiger charge is 2.33. The molecule has 1 saturated heterocycles. The van der Waals surface area contributed by atoms with Gasteiger partial charge in [0.1, 0.15) is 23.0 Å². The van der Waals surface area contributed by atoms with Crippen LogP contribution in [0.25, 0.3) is 6.08 Å². The van der Waals surface area contributed by atoms with Gasteiger partial charge in [0, 0.05) is 31.3 Å². The van der Waals surface area contributed by atoms with Crippen molar-refractivity contribution in [3.63, 3.8) is 0 Å². The van der Waals surface area contributed by atoms with Gasteiger partial charge in [-0.1, -0.05) is 13.8 Å². The summed E-state index contributed by atoms with van der Waals surface area (Å²) in [6, 6.07) is 8.60. The lowest BCUT2D eigenvalue weighted by molar-refractivity contribution is 0.101. The van der Waals surface area contributed by atoms with Crippen LogP contribution in [0.2, 0.25) is 0 Å². The van der Waals surface area contributed by atoms with Crippen molar-refractivity contribution in [1.82, 2.24) is 4.90 Å². The maximum atomic E-state index is 13.0. The van der Waals surface area contributed by atoms with Gasteiger partial charge >= 0.3 is 0 Å². The summed E-state index contributed by atoms with van der Waals surface area (Å²) in [5.41, 5.74) is 1.85. The van der Waals surface area contributed by atoms with E-state index < -0.39 is 0 Å². The van der Waals surface area contributed by atoms with Crippen molar-refractivity contribution in [2.75, 3.05) is 27.3 Å². The summed E-state index contributed by atoms with van der Waals surface area (Å²) in [5.74, 6) is 3.07. The lowest BCUT2D eigenvalue weighted by Gasteiger charge is -2.35. The number of fused-ring (bicyclic) bond motifs is 1. The van der Waals surface area contributed by atoms with E-state index in [2.05, 4.69) is 18.7 Å². The van der Waals surface area contributed by atoms with Crippen LogP contribution in [0.4, 0.5) is 0 Å². The zero-order valence-electron chi connectivity index (χ0n) is 18.5. The number of piperidine rings is 1. The molecule has 0 aromatic heterocycles. The summed E-state index contributed by atoms with van der Waals surface area (Å²) >= 11 is 0. The summed E-state index contributed by atoms with van der Waals surface area (Å²) < 4.78 is 16.7. The molecule has 0 bridgehead atoms. The minimum Gasteiger partial charge on any atom is -0.507 e. The Hall–Kier alpha value is -2.99. The van der Waals surface area contributed by atoms with Gasteiger partial charge in [-0.2, -0.15) is 0 Å². The number of methoxy groups -OCH3 is 2. The minimum absolute atomic E-state index is 0.153. The molecule has 0 radical (unpaired) electrons. The minimum atomic E-state index is -0.200. The Balaban J connectivity index is 1.65. The molecule has 2 aromatic rings. The van der Waals surface area contributed by atoms with Gasteiger partial charge in [0.2, 0.25) is 5.78 Å². The fourth-order valence-electron chi connectivity index (χ4n) is 4.67. The topological polar surface area (TPSA) is 68.2 Å². The number of hydrogen-bond donors (Lipinski definition) is 1. The number of allylic oxidation sites excluding steroid dienone is 1. The Kier molecular flexibility index (Phi) is 5.92. The fourth-order valence-corrected chi connectivity index (χ4v) is 4.67. The van der Waals surface area contributed by atoms with Crippen LogP contribution in [0.1, 0.15) is 41.8 Å². The summed E-state index contributed by atoms with van der Waals surface area (Å²) in [6.45, 7) is 6.98. The molecule has 0 saturated carbocycles. The van der Waals surface area contributed by atoms with Gasteiger partial charge in [-0.3, -0.25) is 9.69 Å². The first kappa shape index (κ1) is 21.2. The van der Waals surface area contributed by atoms with E-state index in [1.165, 1.54) is 6.42 Å². The number of ketones is 1. The van der Waals surface area contributed by atoms with Crippen LogP contribution in [-0.2, 0) is 6.54 Å². The molecule has 1 fully saturated rings. The fraction of sp³-hybridized carbons (Fsp3) is 0.400. The van der Waals surface area contributed by atoms with Gasteiger partial charge in [-0.05, 0) is 48.6 Å². The first-order chi connectivity index (χ1) is 14.9. The molecule has 2 heterocycles. The Bertz CT molecular complexity index is 1020. The van der Waals surface area contributed by atoms with E-state index >= 15 is 0 Å². The molecule has 0 aliphatic carbocycles. The molecule has 1 N–H and O–H groups in total. The van der Waals surface area contributed by atoms with Crippen LogP contribution < -0.4 is 14.2 Å². The first-order valence-electron chi connectivity index (χ1n) is 10.6. The number of aromatic hydroxyl groups is 1. The van der Waals surface area contributed by atoms with Crippen molar-refractivity contribution in [1.29, 1.82) is 0 Å². The second kappa shape index (κ2) is 8.63. The van der Waals surface area contributed by atoms with Crippen molar-refractivity contribution in [2.45, 2.75) is 26.8 Å². The highest BCUT2D eigenvalue weighted by atomic mass is 16.5. The van der Waals surface area contributed by atoms with Crippen LogP contribution in [0.3, 0.4) is 0 Å². The van der Waals surface area contributed by atoms with Crippen molar-refractivity contribution in [3.8, 4) is 23.0 Å². The van der Waals surface area contributed by atoms with E-state index in [1.807, 2.05) is 6.07 Å². The molecule has 4 rings (SSSR count). The molecule has 2 aromatic carbocycles. The Morgan fingerprint density at radius 3 is 2.55 bits per heavy atom. The van der Waals surface area contributed by atoms with Crippen molar-refractivity contribution >= 4 is 11.9 Å². The largest absolute Gasteiger partial charge is 0.507 e. The monoisotopic (exact) mass is 423 g/mol. The Morgan fingerprint density at radius 2 is 1.87 bits per heavy atom. The van der Waals surface area contributed by atoms with E-state index in [0.29, 0.717) is 52.3 Å². The highest BCUT2D eigenvalue weighted by molar-refractivity contribution is 6.15. The molecule has 6 heteroatoms. The van der Waals surface area contributed by atoms with E-state index in [4.69, 9.17) is 14.2 Å². The van der Waals surface area contributed by atoms with Gasteiger partial charge in [-0.15, -0.1) is 0 Å². The van der Waals surface area contributed by atoms with E-state index in [-0.39, 0.29) is 17.3 Å². The second-order valence-corrected chi connectivity index (χ2v) is 8.63. The average molecular weight is 424 g/mol. The van der Waals surface area contributed by atoms with Crippen LogP contribution in [0, 0.1) is 11.8 Å². The SMILES string of the molecule is COc1ccc(C=C2Oc3c(ccc(O)c3CN3C[C@@H](C)C[C@H](C)C3)C2=O)c(OC)c1. The molecule has 2 aliphatic rings. The van der Waals surface area contributed by atoms with Gasteiger partial charge < -0.3 is 19.3 Å². The van der Waals surface area contributed by atoms with E-state index in [0.717, 1.165) is 13.1 Å². The third kappa shape index (κ3) is 4.26. The molecule has 0 unspecified atom stereocenters. The highest BCUT2D eigenvalue weighted by Crippen LogP contribution is 2.41. The number of carbonyl (C=O) groups is 1. The van der Waals surface area contributed by atoms with Gasteiger partial charge in [-0.25, -0.2) is 0 Å². The number of ether oxygens (including phenoxy) is 3. The molecule has 2 aliphatic heterocycles. The Labute approximate surface area is 183 Å². The van der Waals surface area contributed by atoms with Crippen molar-refractivity contribution < 1.29 is 24.1 Å². The lowest BCUT2D eigenvalue weighted by atomic mass is 9.91. The number of benzene rings is 2. The molecule has 6 nitrogen and oxygen atoms in total. The average Bonchev–Trinajstić information content (AvgIpc) is 3.05. The summed E-state index contributed by atoms with van der Waals surface area (Å²) in [4.78, 5) is 15.4. The third-order valence-electron chi connectivity index (χ3n) is 5.97. The van der Waals surface area contributed by atoms with Crippen LogP contribution in [0.5, 0.6) is 23.0 Å². The first-order valence-corrected chi connectivity index (χ1v) is 10.6. The zero-order chi connectivity index (χ0) is 22.1. The summed E-state index contributed by atoms with van der Waals surface area (Å²) in [5, 5.41) is 10.6. The molecule has 2 atom stereocenters. The standard InChI is InChI=1S/C25H29NO5/c1-15-9-16(2)13-26(12-15)14-20-21(27)8-7-19-24(28)23(31-25(19)20)10-17-5-6-18(29-3)11-22(17)30-4/h5-8,10-11,15-16,27H,9,12-14H2,1-4H3/t15-,16-/m0/s1. The number of Topliss-reactive ketones (excluding diaryl/α,β-unsaturated/α-hetero) is 1. The lowest BCUT2D eigenvalue weighted by Crippen LogP contribution is -2.38. The van der Waals surface area contributed by atoms with Gasteiger partial charge in [0.05, 0.1) is 25.3 Å². The van der Waals surface area contributed by atoms with Gasteiger partial charge in [0.15, 0.2) is 5.76 Å². The maximum absolute atomic E-state index is 13.0. The number of hydrogen-bond acceptors (Lipinski definition) is 6. The predicted octanol–water partition coefficient (Wildman–Crippen LogP) is 4.50. The molecular weight excluding hydrogens is 394 g/mol. The molecule has 0 spiro atoms. The van der Waals surface area contributed by atoms with E-state index in [1.54, 1.807) is 44.6 Å². The molecular formula is C25H29NO5. The molecule has 164 valence electrons. The maximum Gasteiger partial charge on any atom is 0.231 e. The molecule has 0 amide bonds. The number of carbonyl (C=O) groups excluding carboxylic acids is 1. The second-order valence-electron chi connectivity index (χ2n) is 8.63. The summed E-state index contributed by atoms with van der Waals surface area (Å²) in [7, 11) is 3.16. The van der Waals surface area contributed by atoms with Crippen LogP contribution in [-0.4, -0.2) is 43.1 Å². The number of phenols is 1. The summed E-state index contributed by atoms with van der Waals surface area (Å²) in [6.07, 6.45) is 2.88. The van der Waals surface area contributed by atoms with Gasteiger partial charge in [0.25, 0.3) is 0 Å². The number of nitrogens with zero attached hydrogens (tertiary/aromatic N) is 1. The van der Waals surface area contributed by atoms with Crippen molar-refractivity contribution in [2.24, 2.45) is 11.8 Å².